The zero-order valence-corrected chi connectivity index (χ0v) is 10.9. The molecule has 0 aliphatic heterocycles. The predicted octanol–water partition coefficient (Wildman–Crippen LogP) is 4.57. The van der Waals surface area contributed by atoms with E-state index in [-0.39, 0.29) is 5.92 Å². The first kappa shape index (κ1) is 16.0. The molecule has 0 bridgehead atoms. The second kappa shape index (κ2) is 11.4. The lowest BCUT2D eigenvalue weighted by atomic mass is 9.97. The lowest BCUT2D eigenvalue weighted by molar-refractivity contribution is -0.141. The van der Waals surface area contributed by atoms with Crippen molar-refractivity contribution >= 4 is 5.97 Å². The molecule has 0 rings (SSSR count). The smallest absolute Gasteiger partial charge is 0.306 e. The minimum absolute atomic E-state index is 0.228. The second-order valence-corrected chi connectivity index (χ2v) is 4.55. The summed E-state index contributed by atoms with van der Waals surface area (Å²) in [5, 5.41) is 8.95. The largest absolute Gasteiger partial charge is 0.481 e. The number of hydrogen-bond acceptors (Lipinski definition) is 1. The van der Waals surface area contributed by atoms with Gasteiger partial charge in [0, 0.05) is 0 Å². The summed E-state index contributed by atoms with van der Waals surface area (Å²) in [7, 11) is 0. The molecule has 0 spiro atoms. The molecule has 0 aromatic heterocycles. The Morgan fingerprint density at radius 2 is 1.59 bits per heavy atom. The molecule has 0 aromatic carbocycles. The molecule has 98 valence electrons. The summed E-state index contributed by atoms with van der Waals surface area (Å²) in [6.45, 7) is 7.30. The zero-order chi connectivity index (χ0) is 12.9. The molecule has 1 N–H and O–H groups in total. The molecule has 0 aliphatic rings. The van der Waals surface area contributed by atoms with Gasteiger partial charge in [-0.3, -0.25) is 4.79 Å². The molecule has 0 fully saturated rings. The maximum absolute atomic E-state index is 10.9. The van der Waals surface area contributed by atoms with E-state index < -0.39 is 5.97 Å². The van der Waals surface area contributed by atoms with Crippen molar-refractivity contribution in [1.29, 1.82) is 0 Å². The van der Waals surface area contributed by atoms with E-state index in [1.807, 2.05) is 6.08 Å². The van der Waals surface area contributed by atoms with Gasteiger partial charge in [-0.15, -0.1) is 13.2 Å². The van der Waals surface area contributed by atoms with Crippen molar-refractivity contribution in [2.75, 3.05) is 0 Å². The maximum atomic E-state index is 10.9. The van der Waals surface area contributed by atoms with Gasteiger partial charge in [0.1, 0.15) is 0 Å². The number of aliphatic carboxylic acids is 1. The van der Waals surface area contributed by atoms with E-state index in [0.29, 0.717) is 6.42 Å². The van der Waals surface area contributed by atoms with E-state index in [9.17, 15) is 4.79 Å². The van der Waals surface area contributed by atoms with Crippen LogP contribution in [-0.4, -0.2) is 11.1 Å². The number of rotatable bonds is 12. The van der Waals surface area contributed by atoms with E-state index in [2.05, 4.69) is 13.2 Å². The number of carboxylic acids is 1. The number of hydrogen-bond donors (Lipinski definition) is 1. The third-order valence-corrected chi connectivity index (χ3v) is 3.01. The van der Waals surface area contributed by atoms with Gasteiger partial charge in [0.25, 0.3) is 0 Å². The van der Waals surface area contributed by atoms with Gasteiger partial charge >= 0.3 is 5.97 Å². The minimum atomic E-state index is -0.684. The highest BCUT2D eigenvalue weighted by atomic mass is 16.4. The van der Waals surface area contributed by atoms with E-state index in [0.717, 1.165) is 25.7 Å². The van der Waals surface area contributed by atoms with Gasteiger partial charge in [-0.05, 0) is 25.7 Å². The molecule has 0 heterocycles. The predicted molar refractivity (Wildman–Crippen MR) is 73.1 cm³/mol. The van der Waals surface area contributed by atoms with Gasteiger partial charge in [-0.1, -0.05) is 44.3 Å². The van der Waals surface area contributed by atoms with Crippen LogP contribution in [0.5, 0.6) is 0 Å². The Bertz CT molecular complexity index is 221. The number of carbonyl (C=O) groups is 1. The van der Waals surface area contributed by atoms with Crippen LogP contribution in [0, 0.1) is 5.92 Å². The summed E-state index contributed by atoms with van der Waals surface area (Å²) in [6, 6.07) is 0. The Morgan fingerprint density at radius 3 is 2.12 bits per heavy atom. The van der Waals surface area contributed by atoms with Crippen molar-refractivity contribution in [3.8, 4) is 0 Å². The van der Waals surface area contributed by atoms with Gasteiger partial charge in [0.05, 0.1) is 5.92 Å². The summed E-state index contributed by atoms with van der Waals surface area (Å²) < 4.78 is 0. The summed E-state index contributed by atoms with van der Waals surface area (Å²) in [5.41, 5.74) is 0. The molecular formula is C15H26O2. The summed E-state index contributed by atoms with van der Waals surface area (Å²) in [5.74, 6) is -0.913. The van der Waals surface area contributed by atoms with E-state index in [1.165, 1.54) is 25.7 Å². The molecule has 0 aliphatic carbocycles. The topological polar surface area (TPSA) is 37.3 Å². The normalized spacial score (nSPS) is 12.0. The quantitative estimate of drug-likeness (QED) is 0.399. The monoisotopic (exact) mass is 238 g/mol. The second-order valence-electron chi connectivity index (χ2n) is 4.55. The van der Waals surface area contributed by atoms with Gasteiger partial charge in [0.2, 0.25) is 0 Å². The zero-order valence-electron chi connectivity index (χ0n) is 10.9. The number of allylic oxidation sites excluding steroid dienone is 2. The highest BCUT2D eigenvalue weighted by Gasteiger charge is 2.14. The summed E-state index contributed by atoms with van der Waals surface area (Å²) in [6.07, 6.45) is 13.3. The molecule has 1 unspecified atom stereocenters. The fraction of sp³-hybridized carbons (Fsp3) is 0.667. The van der Waals surface area contributed by atoms with Crippen molar-refractivity contribution in [2.45, 2.75) is 57.8 Å². The third-order valence-electron chi connectivity index (χ3n) is 3.01. The van der Waals surface area contributed by atoms with Crippen molar-refractivity contribution in [1.82, 2.24) is 0 Å². The van der Waals surface area contributed by atoms with Crippen LogP contribution in [0.2, 0.25) is 0 Å². The van der Waals surface area contributed by atoms with Crippen LogP contribution in [-0.2, 0) is 4.79 Å². The van der Waals surface area contributed by atoms with Crippen molar-refractivity contribution in [2.24, 2.45) is 5.92 Å². The van der Waals surface area contributed by atoms with Crippen LogP contribution in [0.4, 0.5) is 0 Å². The van der Waals surface area contributed by atoms with E-state index >= 15 is 0 Å². The third kappa shape index (κ3) is 9.86. The van der Waals surface area contributed by atoms with Gasteiger partial charge in [0.15, 0.2) is 0 Å². The molecule has 0 aromatic rings. The van der Waals surface area contributed by atoms with Crippen LogP contribution in [0.1, 0.15) is 57.8 Å². The van der Waals surface area contributed by atoms with Crippen LogP contribution in [0.25, 0.3) is 0 Å². The molecule has 2 heteroatoms. The van der Waals surface area contributed by atoms with Crippen LogP contribution < -0.4 is 0 Å². The highest BCUT2D eigenvalue weighted by Crippen LogP contribution is 2.16. The van der Waals surface area contributed by atoms with Crippen LogP contribution in [0.3, 0.4) is 0 Å². The van der Waals surface area contributed by atoms with Gasteiger partial charge < -0.3 is 5.11 Å². The van der Waals surface area contributed by atoms with Gasteiger partial charge in [-0.2, -0.15) is 0 Å². The molecule has 2 nitrogen and oxygen atoms in total. The lowest BCUT2D eigenvalue weighted by Gasteiger charge is -2.09. The van der Waals surface area contributed by atoms with E-state index in [4.69, 9.17) is 5.11 Å². The minimum Gasteiger partial charge on any atom is -0.481 e. The standard InChI is InChI=1S/C15H26O2/c1-3-5-6-7-8-9-10-11-13-14(12-4-2)15(16)17/h3-4,14H,1-2,5-13H2,(H,16,17). The Labute approximate surface area is 105 Å². The average molecular weight is 238 g/mol. The van der Waals surface area contributed by atoms with E-state index in [1.54, 1.807) is 6.08 Å². The summed E-state index contributed by atoms with van der Waals surface area (Å²) in [4.78, 5) is 10.9. The molecular weight excluding hydrogens is 212 g/mol. The van der Waals surface area contributed by atoms with Crippen LogP contribution in [0.15, 0.2) is 25.3 Å². The lowest BCUT2D eigenvalue weighted by Crippen LogP contribution is -2.12. The van der Waals surface area contributed by atoms with Crippen molar-refractivity contribution in [3.05, 3.63) is 25.3 Å². The van der Waals surface area contributed by atoms with Crippen LogP contribution >= 0.6 is 0 Å². The molecule has 0 saturated heterocycles. The Balaban J connectivity index is 3.39. The first-order valence-corrected chi connectivity index (χ1v) is 6.67. The molecule has 17 heavy (non-hydrogen) atoms. The Morgan fingerprint density at radius 1 is 1.00 bits per heavy atom. The van der Waals surface area contributed by atoms with Crippen molar-refractivity contribution < 1.29 is 9.90 Å². The summed E-state index contributed by atoms with van der Waals surface area (Å²) >= 11 is 0. The molecule has 0 radical (unpaired) electrons. The van der Waals surface area contributed by atoms with Crippen molar-refractivity contribution in [3.63, 3.8) is 0 Å². The van der Waals surface area contributed by atoms with Gasteiger partial charge in [-0.25, -0.2) is 0 Å². The molecule has 0 saturated carbocycles. The molecule has 1 atom stereocenters. The number of carboxylic acid groups (broad SMARTS) is 1. The molecule has 0 amide bonds. The average Bonchev–Trinajstić information content (AvgIpc) is 2.31. The fourth-order valence-electron chi connectivity index (χ4n) is 1.93. The fourth-order valence-corrected chi connectivity index (χ4v) is 1.93. The SMILES string of the molecule is C=CCCCCCCCCC(CC=C)C(=O)O. The Kier molecular flexibility index (Phi) is 10.7. The highest BCUT2D eigenvalue weighted by molar-refractivity contribution is 5.70. The number of unbranched alkanes of at least 4 members (excludes halogenated alkanes) is 6. The Hall–Kier alpha value is -1.05. The first-order valence-electron chi connectivity index (χ1n) is 6.67. The first-order chi connectivity index (χ1) is 8.22. The maximum Gasteiger partial charge on any atom is 0.306 e.